The fourth-order valence-corrected chi connectivity index (χ4v) is 2.08. The lowest BCUT2D eigenvalue weighted by atomic mass is 10.1. The van der Waals surface area contributed by atoms with Gasteiger partial charge < -0.3 is 9.84 Å². The third-order valence-corrected chi connectivity index (χ3v) is 3.32. The van der Waals surface area contributed by atoms with E-state index in [1.54, 1.807) is 24.0 Å². The van der Waals surface area contributed by atoms with Gasteiger partial charge >= 0.3 is 0 Å². The molecule has 0 saturated heterocycles. The Morgan fingerprint density at radius 2 is 2.04 bits per heavy atom. The van der Waals surface area contributed by atoms with Gasteiger partial charge in [-0.3, -0.25) is 9.48 Å². The van der Waals surface area contributed by atoms with Crippen molar-refractivity contribution in [1.82, 2.24) is 19.9 Å². The second-order valence-corrected chi connectivity index (χ2v) is 5.30. The number of aryl methyl sites for hydroxylation is 3. The molecule has 3 rings (SSSR count). The van der Waals surface area contributed by atoms with Gasteiger partial charge in [-0.15, -0.1) is 0 Å². The summed E-state index contributed by atoms with van der Waals surface area (Å²) in [5, 5.41) is 10.8. The maximum Gasteiger partial charge on any atom is 0.227 e. The van der Waals surface area contributed by atoms with Crippen molar-refractivity contribution in [2.24, 2.45) is 7.05 Å². The molecule has 3 aromatic rings. The molecule has 2 heterocycles. The topological polar surface area (TPSA) is 85.8 Å². The fraction of sp³-hybridized carbons (Fsp3) is 0.250. The molecule has 0 fully saturated rings. The lowest BCUT2D eigenvalue weighted by Gasteiger charge is -1.99. The van der Waals surface area contributed by atoms with Gasteiger partial charge in [-0.2, -0.15) is 10.1 Å². The monoisotopic (exact) mass is 311 g/mol. The highest BCUT2D eigenvalue weighted by molar-refractivity contribution is 5.89. The van der Waals surface area contributed by atoms with Crippen molar-refractivity contribution in [2.45, 2.75) is 19.8 Å². The lowest BCUT2D eigenvalue weighted by molar-refractivity contribution is -0.116. The third-order valence-electron chi connectivity index (χ3n) is 3.32. The Bertz CT molecular complexity index is 804. The van der Waals surface area contributed by atoms with Crippen molar-refractivity contribution >= 4 is 11.7 Å². The summed E-state index contributed by atoms with van der Waals surface area (Å²) in [4.78, 5) is 16.2. The van der Waals surface area contributed by atoms with E-state index >= 15 is 0 Å². The SMILES string of the molecule is Cc1ccc(-c2noc(CCC(=O)Nc3ccn(C)n3)n2)cc1. The Morgan fingerprint density at radius 3 is 2.74 bits per heavy atom. The second-order valence-electron chi connectivity index (χ2n) is 5.30. The van der Waals surface area contributed by atoms with E-state index in [0.717, 1.165) is 5.56 Å². The van der Waals surface area contributed by atoms with Gasteiger partial charge in [0.05, 0.1) is 0 Å². The molecule has 1 aromatic carbocycles. The maximum absolute atomic E-state index is 11.9. The van der Waals surface area contributed by atoms with Crippen LogP contribution >= 0.6 is 0 Å². The number of nitrogens with one attached hydrogen (secondary N) is 1. The first-order chi connectivity index (χ1) is 11.1. The van der Waals surface area contributed by atoms with Crippen LogP contribution in [-0.4, -0.2) is 25.8 Å². The molecule has 0 unspecified atom stereocenters. The van der Waals surface area contributed by atoms with E-state index in [1.807, 2.05) is 31.2 Å². The molecule has 0 aliphatic carbocycles. The summed E-state index contributed by atoms with van der Waals surface area (Å²) in [7, 11) is 1.79. The molecule has 0 radical (unpaired) electrons. The molecule has 0 aliphatic heterocycles. The van der Waals surface area contributed by atoms with Gasteiger partial charge in [0.2, 0.25) is 17.6 Å². The predicted molar refractivity (Wildman–Crippen MR) is 84.6 cm³/mol. The first-order valence-corrected chi connectivity index (χ1v) is 7.29. The van der Waals surface area contributed by atoms with Gasteiger partial charge in [-0.05, 0) is 6.92 Å². The summed E-state index contributed by atoms with van der Waals surface area (Å²) in [6.07, 6.45) is 2.41. The van der Waals surface area contributed by atoms with E-state index in [1.165, 1.54) is 5.56 Å². The van der Waals surface area contributed by atoms with Gasteiger partial charge in [0.15, 0.2) is 5.82 Å². The second kappa shape index (κ2) is 6.43. The highest BCUT2D eigenvalue weighted by Gasteiger charge is 2.11. The van der Waals surface area contributed by atoms with Gasteiger partial charge in [0, 0.05) is 37.7 Å². The maximum atomic E-state index is 11.9. The average molecular weight is 311 g/mol. The summed E-state index contributed by atoms with van der Waals surface area (Å²) >= 11 is 0. The minimum atomic E-state index is -0.140. The summed E-state index contributed by atoms with van der Waals surface area (Å²) in [6, 6.07) is 9.60. The van der Waals surface area contributed by atoms with Crippen LogP contribution in [0.25, 0.3) is 11.4 Å². The molecule has 0 aliphatic rings. The van der Waals surface area contributed by atoms with E-state index in [2.05, 4.69) is 20.6 Å². The zero-order valence-corrected chi connectivity index (χ0v) is 13.0. The standard InChI is InChI=1S/C16H17N5O2/c1-11-3-5-12(6-4-11)16-18-15(23-20-16)8-7-14(22)17-13-9-10-21(2)19-13/h3-6,9-10H,7-8H2,1-2H3,(H,17,19,22). The Labute approximate surface area is 133 Å². The van der Waals surface area contributed by atoms with E-state index in [0.29, 0.717) is 24.0 Å². The Morgan fingerprint density at radius 1 is 1.26 bits per heavy atom. The number of rotatable bonds is 5. The number of nitrogens with zero attached hydrogens (tertiary/aromatic N) is 4. The van der Waals surface area contributed by atoms with Crippen molar-refractivity contribution in [2.75, 3.05) is 5.32 Å². The normalized spacial score (nSPS) is 10.7. The first-order valence-electron chi connectivity index (χ1n) is 7.29. The van der Waals surface area contributed by atoms with E-state index in [4.69, 9.17) is 4.52 Å². The number of anilines is 1. The van der Waals surface area contributed by atoms with Crippen molar-refractivity contribution in [3.63, 3.8) is 0 Å². The fourth-order valence-electron chi connectivity index (χ4n) is 2.08. The highest BCUT2D eigenvalue weighted by atomic mass is 16.5. The summed E-state index contributed by atoms with van der Waals surface area (Å²) in [5.74, 6) is 1.36. The lowest BCUT2D eigenvalue weighted by Crippen LogP contribution is -2.13. The molecule has 2 aromatic heterocycles. The van der Waals surface area contributed by atoms with Crippen molar-refractivity contribution < 1.29 is 9.32 Å². The van der Waals surface area contributed by atoms with E-state index in [-0.39, 0.29) is 12.3 Å². The van der Waals surface area contributed by atoms with Crippen molar-refractivity contribution in [3.8, 4) is 11.4 Å². The quantitative estimate of drug-likeness (QED) is 0.781. The zero-order chi connectivity index (χ0) is 16.2. The minimum absolute atomic E-state index is 0.140. The number of carbonyl (C=O) groups is 1. The number of hydrogen-bond acceptors (Lipinski definition) is 5. The van der Waals surface area contributed by atoms with Crippen LogP contribution in [0.3, 0.4) is 0 Å². The highest BCUT2D eigenvalue weighted by Crippen LogP contribution is 2.16. The van der Waals surface area contributed by atoms with Crippen LogP contribution in [0.4, 0.5) is 5.82 Å². The molecule has 1 amide bonds. The van der Waals surface area contributed by atoms with Gasteiger partial charge in [-0.25, -0.2) is 0 Å². The Balaban J connectivity index is 1.56. The molecular formula is C16H17N5O2. The molecule has 23 heavy (non-hydrogen) atoms. The van der Waals surface area contributed by atoms with Crippen LogP contribution in [-0.2, 0) is 18.3 Å². The number of benzene rings is 1. The van der Waals surface area contributed by atoms with Gasteiger partial charge in [0.25, 0.3) is 0 Å². The molecule has 0 spiro atoms. The molecule has 118 valence electrons. The summed E-state index contributed by atoms with van der Waals surface area (Å²) in [5.41, 5.74) is 2.06. The molecule has 0 bridgehead atoms. The Hall–Kier alpha value is -2.96. The zero-order valence-electron chi connectivity index (χ0n) is 13.0. The first kappa shape index (κ1) is 15.0. The van der Waals surface area contributed by atoms with E-state index < -0.39 is 0 Å². The third kappa shape index (κ3) is 3.82. The number of aromatic nitrogens is 4. The Kier molecular flexibility index (Phi) is 4.18. The van der Waals surface area contributed by atoms with Crippen LogP contribution in [0.2, 0.25) is 0 Å². The number of carbonyl (C=O) groups excluding carboxylic acids is 1. The predicted octanol–water partition coefficient (Wildman–Crippen LogP) is 2.35. The van der Waals surface area contributed by atoms with Crippen molar-refractivity contribution in [3.05, 3.63) is 48.0 Å². The van der Waals surface area contributed by atoms with Crippen LogP contribution in [0, 0.1) is 6.92 Å². The largest absolute Gasteiger partial charge is 0.339 e. The molecule has 7 heteroatoms. The number of hydrogen-bond donors (Lipinski definition) is 1. The smallest absolute Gasteiger partial charge is 0.227 e. The summed E-state index contributed by atoms with van der Waals surface area (Å²) in [6.45, 7) is 2.02. The van der Waals surface area contributed by atoms with Crippen LogP contribution in [0.1, 0.15) is 17.9 Å². The van der Waals surface area contributed by atoms with Gasteiger partial charge in [0.1, 0.15) is 0 Å². The molecule has 0 saturated carbocycles. The van der Waals surface area contributed by atoms with Crippen LogP contribution in [0.15, 0.2) is 41.1 Å². The molecule has 1 N–H and O–H groups in total. The van der Waals surface area contributed by atoms with Gasteiger partial charge in [-0.1, -0.05) is 35.0 Å². The summed E-state index contributed by atoms with van der Waals surface area (Å²) < 4.78 is 6.82. The van der Waals surface area contributed by atoms with Crippen molar-refractivity contribution in [1.29, 1.82) is 0 Å². The average Bonchev–Trinajstić information content (AvgIpc) is 3.15. The molecule has 0 atom stereocenters. The van der Waals surface area contributed by atoms with Crippen LogP contribution in [0.5, 0.6) is 0 Å². The molecule has 7 nitrogen and oxygen atoms in total. The number of amides is 1. The van der Waals surface area contributed by atoms with E-state index in [9.17, 15) is 4.79 Å². The molecular weight excluding hydrogens is 294 g/mol. The minimum Gasteiger partial charge on any atom is -0.339 e. The van der Waals surface area contributed by atoms with Crippen LogP contribution < -0.4 is 5.32 Å².